The number of methoxy groups -OCH3 is 1. The molecule has 0 unspecified atom stereocenters. The zero-order chi connectivity index (χ0) is 19.1. The van der Waals surface area contributed by atoms with Crippen molar-refractivity contribution in [3.63, 3.8) is 0 Å². The second-order valence-corrected chi connectivity index (χ2v) is 8.21. The number of likely N-dealkylation sites (N-methyl/N-ethyl adjacent to an activating group) is 1. The van der Waals surface area contributed by atoms with Crippen molar-refractivity contribution in [2.45, 2.75) is 38.5 Å². The Hall–Kier alpha value is -1.59. The first kappa shape index (κ1) is 20.2. The summed E-state index contributed by atoms with van der Waals surface area (Å²) in [5.74, 6) is 1.17. The molecule has 1 aromatic carbocycles. The summed E-state index contributed by atoms with van der Waals surface area (Å²) in [7, 11) is 3.79. The molecule has 5 nitrogen and oxygen atoms in total. The third-order valence-corrected chi connectivity index (χ3v) is 6.16. The Labute approximate surface area is 163 Å². The molecule has 0 saturated carbocycles. The average Bonchev–Trinajstić information content (AvgIpc) is 2.66. The average molecular weight is 375 g/mol. The number of ether oxygens (including phenoxy) is 2. The Morgan fingerprint density at radius 2 is 1.93 bits per heavy atom. The van der Waals surface area contributed by atoms with Crippen LogP contribution in [-0.4, -0.2) is 69.3 Å². The first-order valence-corrected chi connectivity index (χ1v) is 10.3. The van der Waals surface area contributed by atoms with Crippen molar-refractivity contribution in [1.82, 2.24) is 9.80 Å². The highest BCUT2D eigenvalue weighted by Gasteiger charge is 2.36. The lowest BCUT2D eigenvalue weighted by atomic mass is 9.73. The maximum atomic E-state index is 12.1. The van der Waals surface area contributed by atoms with Crippen LogP contribution in [0.25, 0.3) is 0 Å². The van der Waals surface area contributed by atoms with Gasteiger partial charge in [0.1, 0.15) is 19.0 Å². The third kappa shape index (κ3) is 5.45. The minimum atomic E-state index is 0.124. The van der Waals surface area contributed by atoms with Crippen LogP contribution in [0, 0.1) is 5.41 Å². The topological polar surface area (TPSA) is 42.0 Å². The van der Waals surface area contributed by atoms with Crippen LogP contribution in [0.5, 0.6) is 5.75 Å². The minimum Gasteiger partial charge on any atom is -0.492 e. The van der Waals surface area contributed by atoms with Gasteiger partial charge in [0.05, 0.1) is 0 Å². The number of benzene rings is 1. The molecule has 150 valence electrons. The molecule has 0 radical (unpaired) electrons. The number of carbonyl (C=O) groups is 1. The van der Waals surface area contributed by atoms with E-state index in [9.17, 15) is 4.79 Å². The third-order valence-electron chi connectivity index (χ3n) is 6.16. The molecule has 0 atom stereocenters. The quantitative estimate of drug-likeness (QED) is 0.798. The Bertz CT molecular complexity index is 611. The van der Waals surface area contributed by atoms with Gasteiger partial charge >= 0.3 is 0 Å². The lowest BCUT2D eigenvalue weighted by Gasteiger charge is -2.44. The molecular formula is C22H34N2O3. The highest BCUT2D eigenvalue weighted by molar-refractivity contribution is 5.77. The van der Waals surface area contributed by atoms with Gasteiger partial charge in [0, 0.05) is 33.3 Å². The molecule has 1 saturated heterocycles. The van der Waals surface area contributed by atoms with Crippen LogP contribution in [0.4, 0.5) is 0 Å². The van der Waals surface area contributed by atoms with Gasteiger partial charge in [-0.15, -0.1) is 0 Å². The molecule has 0 bridgehead atoms. The van der Waals surface area contributed by atoms with Crippen LogP contribution in [0.3, 0.4) is 0 Å². The van der Waals surface area contributed by atoms with Gasteiger partial charge in [0.15, 0.2) is 0 Å². The van der Waals surface area contributed by atoms with Gasteiger partial charge in [-0.25, -0.2) is 0 Å². The first-order valence-electron chi connectivity index (χ1n) is 10.3. The van der Waals surface area contributed by atoms with Crippen LogP contribution in [0.1, 0.15) is 37.7 Å². The standard InChI is InChI=1S/C22H34N2O3/c1-23-15-16-27-20-9-4-3-7-19(20)8-5-6-10-22(18-23)11-13-24(14-12-22)21(25)17-26-2/h3-4,7,9H,5-6,8,10-18H2,1-2H3. The molecule has 0 aliphatic carbocycles. The van der Waals surface area contributed by atoms with Gasteiger partial charge in [-0.2, -0.15) is 0 Å². The Morgan fingerprint density at radius 3 is 2.70 bits per heavy atom. The number of hydrogen-bond acceptors (Lipinski definition) is 4. The van der Waals surface area contributed by atoms with Crippen LogP contribution in [0.2, 0.25) is 0 Å². The maximum Gasteiger partial charge on any atom is 0.248 e. The lowest BCUT2D eigenvalue weighted by molar-refractivity contribution is -0.137. The van der Waals surface area contributed by atoms with Crippen LogP contribution in [0.15, 0.2) is 24.3 Å². The summed E-state index contributed by atoms with van der Waals surface area (Å²) in [5.41, 5.74) is 1.65. The number of aryl methyl sites for hydroxylation is 1. The summed E-state index contributed by atoms with van der Waals surface area (Å²) < 4.78 is 11.1. The molecule has 27 heavy (non-hydrogen) atoms. The van der Waals surface area contributed by atoms with E-state index in [1.54, 1.807) is 7.11 Å². The SMILES string of the molecule is COCC(=O)N1CCC2(CCCCc3ccccc3OCCN(C)C2)CC1. The molecule has 1 fully saturated rings. The molecule has 2 heterocycles. The van der Waals surface area contributed by atoms with Crippen molar-refractivity contribution < 1.29 is 14.3 Å². The largest absolute Gasteiger partial charge is 0.492 e. The van der Waals surface area contributed by atoms with Crippen LogP contribution < -0.4 is 4.74 Å². The Morgan fingerprint density at radius 1 is 1.15 bits per heavy atom. The van der Waals surface area contributed by atoms with Crippen molar-refractivity contribution in [1.29, 1.82) is 0 Å². The number of piperidine rings is 1. The van der Waals surface area contributed by atoms with E-state index >= 15 is 0 Å². The number of carbonyl (C=O) groups excluding carboxylic acids is 1. The smallest absolute Gasteiger partial charge is 0.248 e. The molecule has 1 spiro atoms. The molecule has 2 aliphatic heterocycles. The molecule has 1 amide bonds. The number of amides is 1. The summed E-state index contributed by atoms with van der Waals surface area (Å²) in [6, 6.07) is 8.45. The number of likely N-dealkylation sites (tertiary alicyclic amines) is 1. The lowest BCUT2D eigenvalue weighted by Crippen LogP contribution is -2.48. The summed E-state index contributed by atoms with van der Waals surface area (Å²) in [6.07, 6.45) is 6.92. The van der Waals surface area contributed by atoms with Crippen molar-refractivity contribution in [2.24, 2.45) is 5.41 Å². The second-order valence-electron chi connectivity index (χ2n) is 8.21. The predicted molar refractivity (Wildman–Crippen MR) is 107 cm³/mol. The van der Waals surface area contributed by atoms with E-state index in [-0.39, 0.29) is 12.5 Å². The summed E-state index contributed by atoms with van der Waals surface area (Å²) in [5, 5.41) is 0. The van der Waals surface area contributed by atoms with E-state index in [1.165, 1.54) is 24.8 Å². The van der Waals surface area contributed by atoms with Crippen molar-refractivity contribution in [2.75, 3.05) is 53.6 Å². The molecule has 0 aromatic heterocycles. The predicted octanol–water partition coefficient (Wildman–Crippen LogP) is 2.98. The highest BCUT2D eigenvalue weighted by Crippen LogP contribution is 2.38. The highest BCUT2D eigenvalue weighted by atomic mass is 16.5. The van der Waals surface area contributed by atoms with Crippen molar-refractivity contribution >= 4 is 5.91 Å². The molecule has 0 N–H and O–H groups in total. The fourth-order valence-electron chi connectivity index (χ4n) is 4.56. The molecular weight excluding hydrogens is 340 g/mol. The van der Waals surface area contributed by atoms with E-state index in [4.69, 9.17) is 9.47 Å². The number of para-hydroxylation sites is 1. The van der Waals surface area contributed by atoms with E-state index < -0.39 is 0 Å². The fourth-order valence-corrected chi connectivity index (χ4v) is 4.56. The summed E-state index contributed by atoms with van der Waals surface area (Å²) in [6.45, 7) is 4.66. The number of fused-ring (bicyclic) bond motifs is 1. The molecule has 5 heteroatoms. The van der Waals surface area contributed by atoms with Gasteiger partial charge in [0.25, 0.3) is 0 Å². The number of hydrogen-bond donors (Lipinski definition) is 0. The van der Waals surface area contributed by atoms with E-state index in [0.717, 1.165) is 57.8 Å². The maximum absolute atomic E-state index is 12.1. The Balaban J connectivity index is 1.63. The monoisotopic (exact) mass is 374 g/mol. The molecule has 3 rings (SSSR count). The van der Waals surface area contributed by atoms with Gasteiger partial charge < -0.3 is 19.3 Å². The minimum absolute atomic E-state index is 0.124. The van der Waals surface area contributed by atoms with Gasteiger partial charge in [-0.05, 0) is 56.2 Å². The zero-order valence-corrected chi connectivity index (χ0v) is 16.9. The van der Waals surface area contributed by atoms with Crippen LogP contribution >= 0.6 is 0 Å². The zero-order valence-electron chi connectivity index (χ0n) is 16.9. The molecule has 1 aromatic rings. The Kier molecular flexibility index (Phi) is 7.13. The summed E-state index contributed by atoms with van der Waals surface area (Å²) >= 11 is 0. The number of nitrogens with zero attached hydrogens (tertiary/aromatic N) is 2. The van der Waals surface area contributed by atoms with Gasteiger partial charge in [-0.3, -0.25) is 4.79 Å². The normalized spacial score (nSPS) is 21.6. The van der Waals surface area contributed by atoms with E-state index in [0.29, 0.717) is 5.41 Å². The second kappa shape index (κ2) is 9.56. The van der Waals surface area contributed by atoms with Gasteiger partial charge in [-0.1, -0.05) is 24.6 Å². The fraction of sp³-hybridized carbons (Fsp3) is 0.682. The first-order chi connectivity index (χ1) is 13.1. The van der Waals surface area contributed by atoms with Crippen molar-refractivity contribution in [3.05, 3.63) is 29.8 Å². The van der Waals surface area contributed by atoms with Gasteiger partial charge in [0.2, 0.25) is 5.91 Å². The number of rotatable bonds is 2. The molecule has 2 aliphatic rings. The summed E-state index contributed by atoms with van der Waals surface area (Å²) in [4.78, 5) is 16.5. The van der Waals surface area contributed by atoms with Crippen LogP contribution in [-0.2, 0) is 16.0 Å². The van der Waals surface area contributed by atoms with E-state index in [1.807, 2.05) is 4.90 Å². The van der Waals surface area contributed by atoms with E-state index in [2.05, 4.69) is 36.2 Å². The van der Waals surface area contributed by atoms with Crippen molar-refractivity contribution in [3.8, 4) is 5.75 Å².